The van der Waals surface area contributed by atoms with Gasteiger partial charge in [-0.3, -0.25) is 4.98 Å². The Bertz CT molecular complexity index is 2410. The van der Waals surface area contributed by atoms with E-state index in [-0.39, 0.29) is 0 Å². The molecule has 2 aliphatic heterocycles. The first-order valence-corrected chi connectivity index (χ1v) is 18.0. The molecule has 8 bridgehead atoms. The zero-order valence-corrected chi connectivity index (χ0v) is 29.4. The number of fused-ring (bicyclic) bond motifs is 8. The van der Waals surface area contributed by atoms with E-state index in [1.165, 1.54) is 0 Å². The minimum Gasteiger partial charge on any atom is -0.354 e. The smallest absolute Gasteiger partial charge is 0.0737 e. The van der Waals surface area contributed by atoms with E-state index in [0.717, 1.165) is 89.4 Å². The Hall–Kier alpha value is -7.37. The van der Waals surface area contributed by atoms with E-state index >= 15 is 0 Å². The van der Waals surface area contributed by atoms with Crippen molar-refractivity contribution in [2.75, 3.05) is 0 Å². The first-order valence-electron chi connectivity index (χ1n) is 18.0. The number of benzene rings is 4. The lowest BCUT2D eigenvalue weighted by atomic mass is 10.0. The van der Waals surface area contributed by atoms with Crippen molar-refractivity contribution < 1.29 is 0 Å². The van der Waals surface area contributed by atoms with Crippen LogP contribution >= 0.6 is 0 Å². The highest BCUT2D eigenvalue weighted by Crippen LogP contribution is 2.38. The highest BCUT2D eigenvalue weighted by Gasteiger charge is 2.18. The molecule has 8 aromatic rings. The van der Waals surface area contributed by atoms with Gasteiger partial charge in [-0.25, -0.2) is 9.97 Å². The number of rotatable bonds is 4. The average Bonchev–Trinajstić information content (AvgIpc) is 4.09. The summed E-state index contributed by atoms with van der Waals surface area (Å²) < 4.78 is 0. The SMILES string of the molecule is C1=Cc2nc1c(-c1ccccc1)c1ccc([nH]1)c(-c1ccccc1)c1nc(c(-c3ccccc3)c3ccc([nH]3)c2-c2ccccc2)C=C1.c1ccncc1. The molecule has 0 fully saturated rings. The second-order valence-electron chi connectivity index (χ2n) is 13.0. The van der Waals surface area contributed by atoms with Gasteiger partial charge in [-0.15, -0.1) is 0 Å². The predicted octanol–water partition coefficient (Wildman–Crippen LogP) is 12.4. The number of aromatic nitrogens is 5. The highest BCUT2D eigenvalue weighted by molar-refractivity contribution is 5.99. The number of nitrogens with zero attached hydrogens (tertiary/aromatic N) is 3. The van der Waals surface area contributed by atoms with Crippen molar-refractivity contribution in [3.63, 3.8) is 0 Å². The van der Waals surface area contributed by atoms with Crippen molar-refractivity contribution in [1.82, 2.24) is 24.9 Å². The minimum atomic E-state index is 0.906. The predicted molar refractivity (Wildman–Crippen MR) is 225 cm³/mol. The Balaban J connectivity index is 0.000000586. The Labute approximate surface area is 313 Å². The zero-order valence-electron chi connectivity index (χ0n) is 29.4. The zero-order chi connectivity index (χ0) is 36.1. The molecule has 0 amide bonds. The van der Waals surface area contributed by atoms with Gasteiger partial charge in [-0.05, 0) is 83.0 Å². The molecule has 0 radical (unpaired) electrons. The van der Waals surface area contributed by atoms with Crippen molar-refractivity contribution in [3.05, 3.63) is 199 Å². The fourth-order valence-electron chi connectivity index (χ4n) is 7.15. The summed E-state index contributed by atoms with van der Waals surface area (Å²) in [7, 11) is 0. The normalized spacial score (nSPS) is 11.6. The van der Waals surface area contributed by atoms with Crippen LogP contribution < -0.4 is 0 Å². The number of hydrogen-bond donors (Lipinski definition) is 2. The van der Waals surface area contributed by atoms with Gasteiger partial charge in [0.15, 0.2) is 0 Å². The number of aromatic amines is 2. The van der Waals surface area contributed by atoms with E-state index in [4.69, 9.17) is 9.97 Å². The van der Waals surface area contributed by atoms with Crippen LogP contribution in [0.4, 0.5) is 0 Å². The number of hydrogen-bond acceptors (Lipinski definition) is 3. The second-order valence-corrected chi connectivity index (χ2v) is 13.0. The van der Waals surface area contributed by atoms with E-state index in [1.54, 1.807) is 12.4 Å². The van der Waals surface area contributed by atoms with E-state index < -0.39 is 0 Å². The van der Waals surface area contributed by atoms with Crippen LogP contribution in [0.3, 0.4) is 0 Å². The van der Waals surface area contributed by atoms with Gasteiger partial charge in [-0.2, -0.15) is 0 Å². The molecule has 0 spiro atoms. The summed E-state index contributed by atoms with van der Waals surface area (Å²) in [6.45, 7) is 0. The molecule has 256 valence electrons. The molecule has 10 rings (SSSR count). The molecule has 2 aliphatic rings. The largest absolute Gasteiger partial charge is 0.354 e. The molecule has 0 saturated carbocycles. The standard InChI is InChI=1S/C44H30N4.C5H5N/c1-5-13-29(14-6-1)41-33-21-23-35(45-33)42(30-15-7-2-8-16-30)37-25-27-39(47-37)44(32-19-11-4-12-20-32)40-28-26-38(48-40)43(31-17-9-3-10-18-31)36-24-22-34(41)46-36;1-2-4-6-5-3-1/h1-28,45,48H;1-5H. The van der Waals surface area contributed by atoms with Gasteiger partial charge in [0.05, 0.1) is 22.8 Å². The summed E-state index contributed by atoms with van der Waals surface area (Å²) in [5.74, 6) is 0. The summed E-state index contributed by atoms with van der Waals surface area (Å²) in [5.41, 5.74) is 16.2. The third kappa shape index (κ3) is 6.47. The van der Waals surface area contributed by atoms with Crippen molar-refractivity contribution >= 4 is 46.4 Å². The van der Waals surface area contributed by atoms with Crippen LogP contribution in [0, 0.1) is 0 Å². The fraction of sp³-hybridized carbons (Fsp3) is 0. The van der Waals surface area contributed by atoms with Gasteiger partial charge in [0.2, 0.25) is 0 Å². The van der Waals surface area contributed by atoms with Gasteiger partial charge in [0.1, 0.15) is 0 Å². The summed E-state index contributed by atoms with van der Waals surface area (Å²) in [6, 6.07) is 56.4. The van der Waals surface area contributed by atoms with E-state index in [0.29, 0.717) is 0 Å². The summed E-state index contributed by atoms with van der Waals surface area (Å²) in [5, 5.41) is 0. The van der Waals surface area contributed by atoms with E-state index in [2.05, 4.69) is 161 Å². The van der Waals surface area contributed by atoms with Crippen LogP contribution in [0.1, 0.15) is 22.8 Å². The summed E-state index contributed by atoms with van der Waals surface area (Å²) in [6.07, 6.45) is 12.0. The maximum Gasteiger partial charge on any atom is 0.0737 e. The molecule has 0 saturated heterocycles. The lowest BCUT2D eigenvalue weighted by Gasteiger charge is -2.07. The molecular formula is C49H35N5. The van der Waals surface area contributed by atoms with Gasteiger partial charge in [0.25, 0.3) is 0 Å². The lowest BCUT2D eigenvalue weighted by Crippen LogP contribution is -1.89. The molecule has 4 aromatic heterocycles. The summed E-state index contributed by atoms with van der Waals surface area (Å²) in [4.78, 5) is 22.1. The first kappa shape index (κ1) is 32.5. The van der Waals surface area contributed by atoms with Gasteiger partial charge in [-0.1, -0.05) is 127 Å². The maximum atomic E-state index is 5.35. The van der Waals surface area contributed by atoms with Gasteiger partial charge >= 0.3 is 0 Å². The molecule has 5 nitrogen and oxygen atoms in total. The number of nitrogens with one attached hydrogen (secondary N) is 2. The quantitative estimate of drug-likeness (QED) is 0.193. The first-order chi connectivity index (χ1) is 26.8. The molecular weight excluding hydrogens is 659 g/mol. The van der Waals surface area contributed by atoms with Gasteiger partial charge < -0.3 is 9.97 Å². The van der Waals surface area contributed by atoms with Crippen LogP contribution in [-0.4, -0.2) is 24.9 Å². The molecule has 2 N–H and O–H groups in total. The van der Waals surface area contributed by atoms with Crippen molar-refractivity contribution in [2.45, 2.75) is 0 Å². The van der Waals surface area contributed by atoms with Crippen LogP contribution in [0.5, 0.6) is 0 Å². The molecule has 6 heterocycles. The molecule has 0 atom stereocenters. The number of pyridine rings is 1. The van der Waals surface area contributed by atoms with E-state index in [9.17, 15) is 0 Å². The molecule has 54 heavy (non-hydrogen) atoms. The fourth-order valence-corrected chi connectivity index (χ4v) is 7.15. The Morgan fingerprint density at radius 2 is 0.537 bits per heavy atom. The monoisotopic (exact) mass is 693 g/mol. The maximum absolute atomic E-state index is 5.35. The molecule has 0 aliphatic carbocycles. The van der Waals surface area contributed by atoms with Crippen molar-refractivity contribution in [3.8, 4) is 44.5 Å². The van der Waals surface area contributed by atoms with Crippen molar-refractivity contribution in [1.29, 1.82) is 0 Å². The highest BCUT2D eigenvalue weighted by atomic mass is 14.8. The topological polar surface area (TPSA) is 70.2 Å². The second kappa shape index (κ2) is 14.7. The molecule has 0 unspecified atom stereocenters. The molecule has 4 aromatic carbocycles. The third-order valence-corrected chi connectivity index (χ3v) is 9.57. The molecule has 5 heteroatoms. The summed E-state index contributed by atoms with van der Waals surface area (Å²) >= 11 is 0. The van der Waals surface area contributed by atoms with Crippen LogP contribution in [0.15, 0.2) is 176 Å². The van der Waals surface area contributed by atoms with Crippen molar-refractivity contribution in [2.24, 2.45) is 0 Å². The van der Waals surface area contributed by atoms with Gasteiger partial charge in [0, 0.05) is 56.7 Å². The van der Waals surface area contributed by atoms with Crippen LogP contribution in [0.25, 0.3) is 90.9 Å². The Morgan fingerprint density at radius 1 is 0.278 bits per heavy atom. The van der Waals surface area contributed by atoms with Crippen LogP contribution in [0.2, 0.25) is 0 Å². The minimum absolute atomic E-state index is 0.906. The van der Waals surface area contributed by atoms with Crippen LogP contribution in [-0.2, 0) is 0 Å². The Kier molecular flexibility index (Phi) is 8.86. The van der Waals surface area contributed by atoms with E-state index in [1.807, 2.05) is 42.5 Å². The third-order valence-electron chi connectivity index (χ3n) is 9.57. The Morgan fingerprint density at radius 3 is 0.759 bits per heavy atom. The lowest BCUT2D eigenvalue weighted by molar-refractivity contribution is 1.31. The average molecular weight is 694 g/mol. The number of H-pyrrole nitrogens is 2.